The van der Waals surface area contributed by atoms with Crippen molar-refractivity contribution in [3.8, 4) is 10.8 Å². The van der Waals surface area contributed by atoms with Crippen molar-refractivity contribution in [3.05, 3.63) is 58.1 Å². The lowest BCUT2D eigenvalue weighted by atomic mass is 10.2. The van der Waals surface area contributed by atoms with Crippen molar-refractivity contribution < 1.29 is 9.59 Å². The minimum atomic E-state index is -0.505. The highest BCUT2D eigenvalue weighted by Gasteiger charge is 2.19. The third-order valence-electron chi connectivity index (χ3n) is 4.81. The Hall–Kier alpha value is -3.57. The molecule has 0 aliphatic heterocycles. The van der Waals surface area contributed by atoms with E-state index in [0.717, 1.165) is 11.4 Å². The molecule has 10 nitrogen and oxygen atoms in total. The Morgan fingerprint density at radius 1 is 1.24 bits per heavy atom. The van der Waals surface area contributed by atoms with Crippen LogP contribution in [0.4, 0.5) is 11.4 Å². The highest BCUT2D eigenvalue weighted by Crippen LogP contribution is 2.27. The van der Waals surface area contributed by atoms with Gasteiger partial charge in [-0.3, -0.25) is 19.4 Å². The fourth-order valence-electron chi connectivity index (χ4n) is 3.26. The summed E-state index contributed by atoms with van der Waals surface area (Å²) in [6.45, 7) is 5.54. The number of nitrogens with zero attached hydrogens (tertiary/aromatic N) is 5. The molecule has 1 atom stereocenters. The summed E-state index contributed by atoms with van der Waals surface area (Å²) in [6.07, 6.45) is 1.50. The van der Waals surface area contributed by atoms with Crippen molar-refractivity contribution in [2.45, 2.75) is 33.2 Å². The average Bonchev–Trinajstić information content (AvgIpc) is 3.50. The number of amides is 2. The summed E-state index contributed by atoms with van der Waals surface area (Å²) in [5, 5.41) is 19.3. The van der Waals surface area contributed by atoms with Crippen LogP contribution in [0, 0.1) is 13.8 Å². The Balaban J connectivity index is 1.36. The number of nitrogens with one attached hydrogen (secondary N) is 3. The van der Waals surface area contributed by atoms with Crippen molar-refractivity contribution in [2.24, 2.45) is 0 Å². The number of hydrogen-bond acceptors (Lipinski definition) is 7. The average molecular weight is 485 g/mol. The lowest BCUT2D eigenvalue weighted by molar-refractivity contribution is -0.119. The predicted octanol–water partition coefficient (Wildman–Crippen LogP) is 3.78. The summed E-state index contributed by atoms with van der Waals surface area (Å²) in [5.41, 5.74) is 3.33. The molecular formula is C21H21ClN8O2S. The first-order valence-electron chi connectivity index (χ1n) is 10.0. The van der Waals surface area contributed by atoms with E-state index in [-0.39, 0.29) is 18.2 Å². The van der Waals surface area contributed by atoms with Crippen LogP contribution in [0.3, 0.4) is 0 Å². The number of anilines is 2. The third kappa shape index (κ3) is 5.26. The van der Waals surface area contributed by atoms with Crippen molar-refractivity contribution >= 4 is 46.1 Å². The quantitative estimate of drug-likeness (QED) is 0.366. The Labute approximate surface area is 198 Å². The number of hydrogen-bond donors (Lipinski definition) is 3. The zero-order valence-electron chi connectivity index (χ0n) is 18.1. The first kappa shape index (κ1) is 22.6. The largest absolute Gasteiger partial charge is 0.326 e. The highest BCUT2D eigenvalue weighted by atomic mass is 35.5. The molecule has 3 heterocycles. The summed E-state index contributed by atoms with van der Waals surface area (Å²) in [5.74, 6) is 0.0737. The van der Waals surface area contributed by atoms with Gasteiger partial charge in [0.05, 0.1) is 28.5 Å². The standard InChI is InChI=1S/C21H21ClN8O2S/c1-11-6-12(2)30(29-11)13(3)20(32)27-17-5-4-14(7-16(17)22)25-18(31)8-15-9-33-21(26-15)19-23-10-24-28-19/h4-7,9-10,13H,8H2,1-3H3,(H,25,31)(H,27,32)(H,23,24,28). The van der Waals surface area contributed by atoms with Gasteiger partial charge in [0.15, 0.2) is 10.8 Å². The van der Waals surface area contributed by atoms with Crippen molar-refractivity contribution in [2.75, 3.05) is 10.6 Å². The molecule has 4 aromatic rings. The maximum atomic E-state index is 12.7. The van der Waals surface area contributed by atoms with E-state index >= 15 is 0 Å². The summed E-state index contributed by atoms with van der Waals surface area (Å²) >= 11 is 7.72. The zero-order chi connectivity index (χ0) is 23.5. The van der Waals surface area contributed by atoms with E-state index in [1.54, 1.807) is 35.2 Å². The molecule has 0 saturated heterocycles. The summed E-state index contributed by atoms with van der Waals surface area (Å²) in [6, 6.07) is 6.32. The molecule has 1 aromatic carbocycles. The summed E-state index contributed by atoms with van der Waals surface area (Å²) in [4.78, 5) is 33.5. The number of aromatic amines is 1. The number of carbonyl (C=O) groups is 2. The van der Waals surface area contributed by atoms with Gasteiger partial charge in [0.2, 0.25) is 11.8 Å². The number of aryl methyl sites for hydroxylation is 2. The van der Waals surface area contributed by atoms with Crippen molar-refractivity contribution in [1.29, 1.82) is 0 Å². The van der Waals surface area contributed by atoms with Crippen LogP contribution in [0.1, 0.15) is 30.0 Å². The number of halogens is 1. The van der Waals surface area contributed by atoms with Gasteiger partial charge in [-0.25, -0.2) is 9.97 Å². The number of benzene rings is 1. The predicted molar refractivity (Wildman–Crippen MR) is 126 cm³/mol. The van der Waals surface area contributed by atoms with E-state index in [4.69, 9.17) is 11.6 Å². The van der Waals surface area contributed by atoms with Gasteiger partial charge in [-0.05, 0) is 45.0 Å². The van der Waals surface area contributed by atoms with Crippen LogP contribution in [-0.4, -0.2) is 41.8 Å². The zero-order valence-corrected chi connectivity index (χ0v) is 19.7. The van der Waals surface area contributed by atoms with Crippen molar-refractivity contribution in [1.82, 2.24) is 29.9 Å². The fraction of sp³-hybridized carbons (Fsp3) is 0.238. The molecule has 33 heavy (non-hydrogen) atoms. The van der Waals surface area contributed by atoms with Crippen LogP contribution in [-0.2, 0) is 16.0 Å². The maximum Gasteiger partial charge on any atom is 0.248 e. The molecule has 0 spiro atoms. The molecule has 0 aliphatic carbocycles. The Morgan fingerprint density at radius 3 is 2.73 bits per heavy atom. The van der Waals surface area contributed by atoms with Crippen LogP contribution in [0.25, 0.3) is 10.8 Å². The smallest absolute Gasteiger partial charge is 0.248 e. The van der Waals surface area contributed by atoms with Gasteiger partial charge >= 0.3 is 0 Å². The minimum Gasteiger partial charge on any atom is -0.326 e. The van der Waals surface area contributed by atoms with Gasteiger partial charge in [0, 0.05) is 16.8 Å². The monoisotopic (exact) mass is 484 g/mol. The summed E-state index contributed by atoms with van der Waals surface area (Å²) in [7, 11) is 0. The van der Waals surface area contributed by atoms with E-state index in [2.05, 4.69) is 35.9 Å². The molecule has 0 radical (unpaired) electrons. The number of aromatic nitrogens is 6. The molecule has 0 fully saturated rings. The first-order valence-corrected chi connectivity index (χ1v) is 11.3. The van der Waals surface area contributed by atoms with Gasteiger partial charge in [0.1, 0.15) is 12.4 Å². The third-order valence-corrected chi connectivity index (χ3v) is 6.02. The number of carbonyl (C=O) groups excluding carboxylic acids is 2. The molecule has 12 heteroatoms. The maximum absolute atomic E-state index is 12.7. The van der Waals surface area contributed by atoms with E-state index in [1.165, 1.54) is 17.7 Å². The van der Waals surface area contributed by atoms with Crippen LogP contribution in [0.2, 0.25) is 5.02 Å². The molecule has 170 valence electrons. The van der Waals surface area contributed by atoms with Crippen LogP contribution >= 0.6 is 22.9 Å². The number of rotatable bonds is 7. The lowest BCUT2D eigenvalue weighted by Crippen LogP contribution is -2.25. The molecule has 3 N–H and O–H groups in total. The molecule has 4 rings (SSSR count). The van der Waals surface area contributed by atoms with Gasteiger partial charge in [-0.1, -0.05) is 11.6 Å². The lowest BCUT2D eigenvalue weighted by Gasteiger charge is -2.16. The Kier molecular flexibility index (Phi) is 6.52. The van der Waals surface area contributed by atoms with Gasteiger partial charge in [0.25, 0.3) is 0 Å². The van der Waals surface area contributed by atoms with E-state index < -0.39 is 6.04 Å². The highest BCUT2D eigenvalue weighted by molar-refractivity contribution is 7.13. The van der Waals surface area contributed by atoms with Gasteiger partial charge in [-0.15, -0.1) is 11.3 Å². The topological polar surface area (TPSA) is 130 Å². The molecule has 0 aliphatic rings. The van der Waals surface area contributed by atoms with Gasteiger partial charge < -0.3 is 10.6 Å². The van der Waals surface area contributed by atoms with Crippen LogP contribution in [0.5, 0.6) is 0 Å². The van der Waals surface area contributed by atoms with E-state index in [9.17, 15) is 9.59 Å². The normalized spacial score (nSPS) is 11.9. The van der Waals surface area contributed by atoms with Crippen molar-refractivity contribution in [3.63, 3.8) is 0 Å². The molecule has 2 amide bonds. The fourth-order valence-corrected chi connectivity index (χ4v) is 4.25. The second kappa shape index (κ2) is 9.51. The Morgan fingerprint density at radius 2 is 2.06 bits per heavy atom. The molecule has 0 bridgehead atoms. The minimum absolute atomic E-state index is 0.0981. The second-order valence-corrected chi connectivity index (χ2v) is 8.70. The Bertz CT molecular complexity index is 1300. The second-order valence-electron chi connectivity index (χ2n) is 7.43. The van der Waals surface area contributed by atoms with E-state index in [0.29, 0.717) is 32.9 Å². The summed E-state index contributed by atoms with van der Waals surface area (Å²) < 4.78 is 1.67. The SMILES string of the molecule is Cc1cc(C)n(C(C)C(=O)Nc2ccc(NC(=O)Cc3csc(-c4ncn[nH]4)n3)cc2Cl)n1. The first-order chi connectivity index (χ1) is 15.8. The van der Waals surface area contributed by atoms with Gasteiger partial charge in [-0.2, -0.15) is 10.2 Å². The molecular weight excluding hydrogens is 464 g/mol. The molecule has 0 saturated carbocycles. The number of H-pyrrole nitrogens is 1. The van der Waals surface area contributed by atoms with Crippen LogP contribution < -0.4 is 10.6 Å². The molecule has 3 aromatic heterocycles. The number of thiazole rings is 1. The van der Waals surface area contributed by atoms with E-state index in [1.807, 2.05) is 19.9 Å². The molecule has 1 unspecified atom stereocenters. The van der Waals surface area contributed by atoms with Crippen LogP contribution in [0.15, 0.2) is 36.0 Å².